The van der Waals surface area contributed by atoms with E-state index in [1.165, 1.54) is 6.07 Å². The van der Waals surface area contributed by atoms with Gasteiger partial charge in [0, 0.05) is 6.42 Å². The number of amidine groups is 1. The Hall–Kier alpha value is -2.12. The summed E-state index contributed by atoms with van der Waals surface area (Å²) >= 11 is 0. The van der Waals surface area contributed by atoms with Gasteiger partial charge in [-0.15, -0.1) is 4.40 Å². The van der Waals surface area contributed by atoms with Crippen molar-refractivity contribution < 1.29 is 26.4 Å². The zero-order chi connectivity index (χ0) is 16.5. The molecule has 118 valence electrons. The number of hydrogen-bond donors (Lipinski definition) is 1. The van der Waals surface area contributed by atoms with Gasteiger partial charge in [-0.2, -0.15) is 26.9 Å². The van der Waals surface area contributed by atoms with Gasteiger partial charge in [0.15, 0.2) is 0 Å². The normalized spacial score (nSPS) is 20.7. The van der Waals surface area contributed by atoms with Crippen LogP contribution in [0.2, 0.25) is 0 Å². The molecule has 0 unspecified atom stereocenters. The monoisotopic (exact) mass is 333 g/mol. The Balaban J connectivity index is 2.43. The first-order valence-electron chi connectivity index (χ1n) is 6.00. The molecular weight excluding hydrogens is 323 g/mol. The van der Waals surface area contributed by atoms with E-state index < -0.39 is 32.2 Å². The van der Waals surface area contributed by atoms with Gasteiger partial charge in [-0.3, -0.25) is 10.3 Å². The van der Waals surface area contributed by atoms with Crippen molar-refractivity contribution in [3.05, 3.63) is 29.3 Å². The number of rotatable bonds is 2. The molecule has 1 aliphatic heterocycles. The maximum absolute atomic E-state index is 12.7. The van der Waals surface area contributed by atoms with Crippen molar-refractivity contribution in [1.29, 1.82) is 5.26 Å². The topological polar surface area (TPSA) is 91.5 Å². The van der Waals surface area contributed by atoms with Crippen molar-refractivity contribution in [1.82, 2.24) is 5.48 Å². The van der Waals surface area contributed by atoms with Crippen LogP contribution in [-0.4, -0.2) is 20.4 Å². The molecule has 0 aromatic heterocycles. The number of halogens is 3. The standard InChI is InChI=1S/C12H10F3N3O3S/c1-7-4-11(17-21-7)18-22(19,20)9-2-3-10(12(13,14)15)8(5-9)6-16/h2-3,5,7H,4H2,1H3,(H,17,18)/t7-/m0/s1. The summed E-state index contributed by atoms with van der Waals surface area (Å²) in [5, 5.41) is 8.78. The second-order valence-electron chi connectivity index (χ2n) is 4.56. The van der Waals surface area contributed by atoms with Gasteiger partial charge in [-0.05, 0) is 25.1 Å². The Labute approximate surface area is 124 Å². The molecule has 0 amide bonds. The minimum absolute atomic E-state index is 0.0471. The highest BCUT2D eigenvalue weighted by molar-refractivity contribution is 7.90. The summed E-state index contributed by atoms with van der Waals surface area (Å²) in [4.78, 5) is 4.42. The van der Waals surface area contributed by atoms with Gasteiger partial charge < -0.3 is 0 Å². The highest BCUT2D eigenvalue weighted by Gasteiger charge is 2.34. The summed E-state index contributed by atoms with van der Waals surface area (Å²) in [6.45, 7) is 1.69. The summed E-state index contributed by atoms with van der Waals surface area (Å²) in [6.07, 6.45) is -4.78. The molecular formula is C12H10F3N3O3S. The fraction of sp³-hybridized carbons (Fsp3) is 0.333. The summed E-state index contributed by atoms with van der Waals surface area (Å²) in [5.41, 5.74) is 0.346. The Bertz CT molecular complexity index is 766. The summed E-state index contributed by atoms with van der Waals surface area (Å²) in [6, 6.07) is 3.31. The molecule has 1 aliphatic rings. The predicted octanol–water partition coefficient (Wildman–Crippen LogP) is 1.98. The first-order chi connectivity index (χ1) is 10.1. The average molecular weight is 333 g/mol. The Morgan fingerprint density at radius 1 is 1.45 bits per heavy atom. The number of benzene rings is 1. The van der Waals surface area contributed by atoms with E-state index in [9.17, 15) is 21.6 Å². The van der Waals surface area contributed by atoms with Crippen LogP contribution in [0.15, 0.2) is 27.5 Å². The maximum atomic E-state index is 12.7. The van der Waals surface area contributed by atoms with Gasteiger partial charge in [0.25, 0.3) is 10.0 Å². The van der Waals surface area contributed by atoms with Gasteiger partial charge in [0.05, 0.1) is 28.2 Å². The lowest BCUT2D eigenvalue weighted by molar-refractivity contribution is -0.137. The van der Waals surface area contributed by atoms with Crippen LogP contribution < -0.4 is 5.48 Å². The van der Waals surface area contributed by atoms with E-state index in [-0.39, 0.29) is 18.4 Å². The number of hydrogen-bond acceptors (Lipinski definition) is 4. The molecule has 0 saturated carbocycles. The van der Waals surface area contributed by atoms with Crippen LogP contribution in [0.5, 0.6) is 0 Å². The molecule has 6 nitrogen and oxygen atoms in total. The van der Waals surface area contributed by atoms with Crippen molar-refractivity contribution in [2.45, 2.75) is 30.5 Å². The van der Waals surface area contributed by atoms with Crippen molar-refractivity contribution in [3.8, 4) is 6.07 Å². The molecule has 0 radical (unpaired) electrons. The van der Waals surface area contributed by atoms with Crippen molar-refractivity contribution in [3.63, 3.8) is 0 Å². The molecule has 0 spiro atoms. The molecule has 1 aromatic rings. The van der Waals surface area contributed by atoms with Crippen LogP contribution in [0.4, 0.5) is 13.2 Å². The van der Waals surface area contributed by atoms with Crippen molar-refractivity contribution in [2.24, 2.45) is 4.40 Å². The van der Waals surface area contributed by atoms with Gasteiger partial charge in [0.1, 0.15) is 5.84 Å². The molecule has 2 rings (SSSR count). The second-order valence-corrected chi connectivity index (χ2v) is 6.17. The average Bonchev–Trinajstić information content (AvgIpc) is 2.81. The van der Waals surface area contributed by atoms with E-state index in [4.69, 9.17) is 10.1 Å². The molecule has 1 fully saturated rings. The van der Waals surface area contributed by atoms with E-state index in [2.05, 4.69) is 9.88 Å². The molecule has 1 aromatic carbocycles. The molecule has 1 N–H and O–H groups in total. The minimum atomic E-state index is -4.74. The van der Waals surface area contributed by atoms with Crippen molar-refractivity contribution >= 4 is 15.9 Å². The third kappa shape index (κ3) is 3.37. The highest BCUT2D eigenvalue weighted by Crippen LogP contribution is 2.33. The number of sulfonamides is 1. The molecule has 22 heavy (non-hydrogen) atoms. The predicted molar refractivity (Wildman–Crippen MR) is 69.1 cm³/mol. The number of nitrogens with zero attached hydrogens (tertiary/aromatic N) is 2. The first kappa shape index (κ1) is 16.3. The van der Waals surface area contributed by atoms with E-state index in [1.807, 2.05) is 0 Å². The number of hydroxylamine groups is 1. The third-order valence-electron chi connectivity index (χ3n) is 2.80. The molecule has 10 heteroatoms. The minimum Gasteiger partial charge on any atom is -0.271 e. The van der Waals surface area contributed by atoms with E-state index >= 15 is 0 Å². The lowest BCUT2D eigenvalue weighted by Gasteiger charge is -2.09. The fourth-order valence-electron chi connectivity index (χ4n) is 1.80. The second kappa shape index (κ2) is 5.58. The zero-order valence-electron chi connectivity index (χ0n) is 11.2. The molecule has 1 saturated heterocycles. The van der Waals surface area contributed by atoms with Gasteiger partial charge in [-0.25, -0.2) is 0 Å². The Morgan fingerprint density at radius 3 is 2.64 bits per heavy atom. The third-order valence-corrected chi connectivity index (χ3v) is 4.11. The Morgan fingerprint density at radius 2 is 2.14 bits per heavy atom. The first-order valence-corrected chi connectivity index (χ1v) is 7.44. The number of alkyl halides is 3. The van der Waals surface area contributed by atoms with Crippen LogP contribution in [-0.2, 0) is 21.0 Å². The van der Waals surface area contributed by atoms with E-state index in [0.717, 1.165) is 6.07 Å². The van der Waals surface area contributed by atoms with Gasteiger partial charge in [-0.1, -0.05) is 0 Å². The number of nitriles is 1. The SMILES string of the molecule is C[C@H]1CC(=NS(=O)(=O)c2ccc(C(F)(F)F)c(C#N)c2)NO1. The van der Waals surface area contributed by atoms with Crippen LogP contribution in [0.25, 0.3) is 0 Å². The van der Waals surface area contributed by atoms with Crippen LogP contribution in [0.1, 0.15) is 24.5 Å². The molecule has 1 heterocycles. The fourth-order valence-corrected chi connectivity index (χ4v) is 2.82. The van der Waals surface area contributed by atoms with Crippen molar-refractivity contribution in [2.75, 3.05) is 0 Å². The molecule has 0 bridgehead atoms. The summed E-state index contributed by atoms with van der Waals surface area (Å²) in [5.74, 6) is 0.0471. The summed E-state index contributed by atoms with van der Waals surface area (Å²) in [7, 11) is -4.23. The Kier molecular flexibility index (Phi) is 4.12. The maximum Gasteiger partial charge on any atom is 0.417 e. The highest BCUT2D eigenvalue weighted by atomic mass is 32.2. The molecule has 0 aliphatic carbocycles. The zero-order valence-corrected chi connectivity index (χ0v) is 12.0. The van der Waals surface area contributed by atoms with Gasteiger partial charge in [0.2, 0.25) is 0 Å². The van der Waals surface area contributed by atoms with E-state index in [1.54, 1.807) is 6.92 Å². The van der Waals surface area contributed by atoms with Crippen LogP contribution in [0.3, 0.4) is 0 Å². The lowest BCUT2D eigenvalue weighted by atomic mass is 10.1. The lowest BCUT2D eigenvalue weighted by Crippen LogP contribution is -2.15. The smallest absolute Gasteiger partial charge is 0.271 e. The quantitative estimate of drug-likeness (QED) is 0.893. The largest absolute Gasteiger partial charge is 0.417 e. The van der Waals surface area contributed by atoms with Crippen LogP contribution in [0, 0.1) is 11.3 Å². The van der Waals surface area contributed by atoms with Gasteiger partial charge >= 0.3 is 6.18 Å². The van der Waals surface area contributed by atoms with Crippen LogP contribution >= 0.6 is 0 Å². The summed E-state index contributed by atoms with van der Waals surface area (Å²) < 4.78 is 65.6. The number of nitrogens with one attached hydrogen (secondary N) is 1. The molecule has 1 atom stereocenters. The van der Waals surface area contributed by atoms with E-state index in [0.29, 0.717) is 12.1 Å².